The molecule has 104 valence electrons. The van der Waals surface area contributed by atoms with Gasteiger partial charge in [0.25, 0.3) is 0 Å². The first-order valence-corrected chi connectivity index (χ1v) is 6.51. The van der Waals surface area contributed by atoms with E-state index in [9.17, 15) is 0 Å². The lowest BCUT2D eigenvalue weighted by Gasteiger charge is -2.18. The second-order valence-corrected chi connectivity index (χ2v) is 4.82. The van der Waals surface area contributed by atoms with Gasteiger partial charge < -0.3 is 10.5 Å². The summed E-state index contributed by atoms with van der Waals surface area (Å²) in [4.78, 5) is 0. The number of benzene rings is 2. The molecule has 2 aromatic carbocycles. The van der Waals surface area contributed by atoms with E-state index in [1.54, 1.807) is 0 Å². The lowest BCUT2D eigenvalue weighted by molar-refractivity contribution is 0.357. The molecule has 2 aromatic rings. The molecule has 0 aromatic heterocycles. The Balaban J connectivity index is 0.00000147. The minimum Gasteiger partial charge on any atom is -0.489 e. The maximum atomic E-state index is 5.76. The highest BCUT2D eigenvalue weighted by molar-refractivity contribution is 5.85. The van der Waals surface area contributed by atoms with Crippen molar-refractivity contribution < 1.29 is 4.74 Å². The summed E-state index contributed by atoms with van der Waals surface area (Å²) >= 11 is 0. The van der Waals surface area contributed by atoms with Crippen molar-refractivity contribution in [2.45, 2.75) is 6.92 Å². The Labute approximate surface area is 125 Å². The van der Waals surface area contributed by atoms with Gasteiger partial charge in [0, 0.05) is 12.1 Å². The fraction of sp³-hybridized carbons (Fsp3) is 0.176. The van der Waals surface area contributed by atoms with E-state index in [4.69, 9.17) is 10.5 Å². The van der Waals surface area contributed by atoms with Gasteiger partial charge in [-0.1, -0.05) is 42.0 Å². The van der Waals surface area contributed by atoms with Crippen LogP contribution in [0.3, 0.4) is 0 Å². The van der Waals surface area contributed by atoms with Gasteiger partial charge in [-0.2, -0.15) is 0 Å². The van der Waals surface area contributed by atoms with Crippen LogP contribution in [-0.4, -0.2) is 13.2 Å². The Hall–Kier alpha value is -1.77. The maximum absolute atomic E-state index is 5.76. The largest absolute Gasteiger partial charge is 0.489 e. The lowest BCUT2D eigenvalue weighted by atomic mass is 9.97. The molecule has 3 heteroatoms. The van der Waals surface area contributed by atoms with Crippen molar-refractivity contribution in [3.63, 3.8) is 0 Å². The SMILES string of the molecule is Cc1ccc(-c2ccc3c(c2)OCC=C3CN)cc1.Cl. The molecule has 0 bridgehead atoms. The molecule has 0 aliphatic carbocycles. The molecule has 0 saturated heterocycles. The topological polar surface area (TPSA) is 35.2 Å². The highest BCUT2D eigenvalue weighted by Gasteiger charge is 2.13. The van der Waals surface area contributed by atoms with Crippen LogP contribution in [0.25, 0.3) is 16.7 Å². The third-order valence-corrected chi connectivity index (χ3v) is 3.50. The van der Waals surface area contributed by atoms with Crippen molar-refractivity contribution in [2.24, 2.45) is 5.73 Å². The van der Waals surface area contributed by atoms with Crippen molar-refractivity contribution >= 4 is 18.0 Å². The highest BCUT2D eigenvalue weighted by atomic mass is 35.5. The molecule has 0 unspecified atom stereocenters. The van der Waals surface area contributed by atoms with E-state index in [1.165, 1.54) is 16.7 Å². The maximum Gasteiger partial charge on any atom is 0.127 e. The quantitative estimate of drug-likeness (QED) is 0.911. The van der Waals surface area contributed by atoms with Gasteiger partial charge in [-0.05, 0) is 35.8 Å². The van der Waals surface area contributed by atoms with Gasteiger partial charge >= 0.3 is 0 Å². The van der Waals surface area contributed by atoms with E-state index in [-0.39, 0.29) is 12.4 Å². The van der Waals surface area contributed by atoms with E-state index in [0.29, 0.717) is 13.2 Å². The summed E-state index contributed by atoms with van der Waals surface area (Å²) < 4.78 is 5.71. The first-order valence-electron chi connectivity index (χ1n) is 6.51. The van der Waals surface area contributed by atoms with Crippen LogP contribution in [-0.2, 0) is 0 Å². The van der Waals surface area contributed by atoms with E-state index < -0.39 is 0 Å². The Kier molecular flexibility index (Phi) is 4.48. The number of fused-ring (bicyclic) bond motifs is 1. The van der Waals surface area contributed by atoms with E-state index in [0.717, 1.165) is 16.9 Å². The second-order valence-electron chi connectivity index (χ2n) is 4.82. The summed E-state index contributed by atoms with van der Waals surface area (Å²) in [7, 11) is 0. The number of halogens is 1. The standard InChI is InChI=1S/C17H17NO.ClH/c1-12-2-4-13(5-3-12)14-6-7-16-15(11-18)8-9-19-17(16)10-14;/h2-8,10H,9,11,18H2,1H3;1H. The molecule has 0 amide bonds. The number of aryl methyl sites for hydroxylation is 1. The molecule has 2 N–H and O–H groups in total. The number of nitrogens with two attached hydrogens (primary N) is 1. The first-order chi connectivity index (χ1) is 9.28. The van der Waals surface area contributed by atoms with Gasteiger partial charge in [-0.15, -0.1) is 12.4 Å². The van der Waals surface area contributed by atoms with Crippen LogP contribution < -0.4 is 10.5 Å². The van der Waals surface area contributed by atoms with E-state index in [2.05, 4.69) is 49.4 Å². The van der Waals surface area contributed by atoms with Crippen LogP contribution in [0.15, 0.2) is 48.5 Å². The number of ether oxygens (including phenoxy) is 1. The smallest absolute Gasteiger partial charge is 0.127 e. The van der Waals surface area contributed by atoms with Gasteiger partial charge in [0.1, 0.15) is 12.4 Å². The lowest BCUT2D eigenvalue weighted by Crippen LogP contribution is -2.10. The average Bonchev–Trinajstić information content (AvgIpc) is 2.47. The van der Waals surface area contributed by atoms with Crippen LogP contribution in [0.2, 0.25) is 0 Å². The molecule has 1 aliphatic heterocycles. The first kappa shape index (κ1) is 14.6. The summed E-state index contributed by atoms with van der Waals surface area (Å²) in [6.07, 6.45) is 2.05. The fourth-order valence-electron chi connectivity index (χ4n) is 2.37. The van der Waals surface area contributed by atoms with Crippen LogP contribution in [0, 0.1) is 6.92 Å². The van der Waals surface area contributed by atoms with Crippen LogP contribution >= 0.6 is 12.4 Å². The summed E-state index contributed by atoms with van der Waals surface area (Å²) in [6.45, 7) is 3.26. The van der Waals surface area contributed by atoms with Crippen LogP contribution in [0.1, 0.15) is 11.1 Å². The molecule has 0 saturated carbocycles. The molecule has 1 heterocycles. The van der Waals surface area contributed by atoms with E-state index in [1.807, 2.05) is 6.08 Å². The normalized spacial score (nSPS) is 12.8. The zero-order chi connectivity index (χ0) is 13.2. The molecule has 3 rings (SSSR count). The van der Waals surface area contributed by atoms with Crippen molar-refractivity contribution in [2.75, 3.05) is 13.2 Å². The van der Waals surface area contributed by atoms with Gasteiger partial charge in [-0.25, -0.2) is 0 Å². The fourth-order valence-corrected chi connectivity index (χ4v) is 2.37. The zero-order valence-corrected chi connectivity index (χ0v) is 12.2. The monoisotopic (exact) mass is 287 g/mol. The molecule has 0 spiro atoms. The van der Waals surface area contributed by atoms with Gasteiger partial charge in [-0.3, -0.25) is 0 Å². The summed E-state index contributed by atoms with van der Waals surface area (Å²) in [5.41, 5.74) is 11.7. The van der Waals surface area contributed by atoms with Gasteiger partial charge in [0.05, 0.1) is 0 Å². The predicted molar refractivity (Wildman–Crippen MR) is 86.4 cm³/mol. The van der Waals surface area contributed by atoms with Crippen molar-refractivity contribution in [1.82, 2.24) is 0 Å². The Morgan fingerprint density at radius 3 is 2.45 bits per heavy atom. The van der Waals surface area contributed by atoms with Crippen molar-refractivity contribution in [3.8, 4) is 16.9 Å². The van der Waals surface area contributed by atoms with Gasteiger partial charge in [0.15, 0.2) is 0 Å². The highest BCUT2D eigenvalue weighted by Crippen LogP contribution is 2.33. The zero-order valence-electron chi connectivity index (χ0n) is 11.4. The summed E-state index contributed by atoms with van der Waals surface area (Å²) in [6, 6.07) is 14.9. The number of rotatable bonds is 2. The third kappa shape index (κ3) is 2.72. The Morgan fingerprint density at radius 2 is 1.75 bits per heavy atom. The Bertz CT molecular complexity index is 632. The molecule has 0 atom stereocenters. The van der Waals surface area contributed by atoms with Crippen LogP contribution in [0.4, 0.5) is 0 Å². The minimum atomic E-state index is 0. The minimum absolute atomic E-state index is 0. The van der Waals surface area contributed by atoms with Gasteiger partial charge in [0.2, 0.25) is 0 Å². The molecular formula is C17H18ClNO. The molecule has 1 aliphatic rings. The predicted octanol–water partition coefficient (Wildman–Crippen LogP) is 3.82. The molecule has 0 fully saturated rings. The number of hydrogen-bond donors (Lipinski definition) is 1. The van der Waals surface area contributed by atoms with Crippen molar-refractivity contribution in [1.29, 1.82) is 0 Å². The third-order valence-electron chi connectivity index (χ3n) is 3.50. The Morgan fingerprint density at radius 1 is 1.05 bits per heavy atom. The average molecular weight is 288 g/mol. The molecule has 0 radical (unpaired) electrons. The second kappa shape index (κ2) is 6.12. The molecular weight excluding hydrogens is 270 g/mol. The summed E-state index contributed by atoms with van der Waals surface area (Å²) in [5, 5.41) is 0. The molecule has 2 nitrogen and oxygen atoms in total. The summed E-state index contributed by atoms with van der Waals surface area (Å²) in [5.74, 6) is 0.932. The van der Waals surface area contributed by atoms with Crippen LogP contribution in [0.5, 0.6) is 5.75 Å². The molecule has 20 heavy (non-hydrogen) atoms. The van der Waals surface area contributed by atoms with Crippen molar-refractivity contribution in [3.05, 3.63) is 59.7 Å². The number of hydrogen-bond acceptors (Lipinski definition) is 2. The van der Waals surface area contributed by atoms with E-state index >= 15 is 0 Å².